The van der Waals surface area contributed by atoms with Crippen LogP contribution in [0.25, 0.3) is 0 Å². The molecule has 21 heavy (non-hydrogen) atoms. The van der Waals surface area contributed by atoms with Crippen LogP contribution in [-0.4, -0.2) is 61.7 Å². The lowest BCUT2D eigenvalue weighted by Crippen LogP contribution is -2.56. The molecule has 1 N–H and O–H groups in total. The average Bonchev–Trinajstić information content (AvgIpc) is 2.56. The Morgan fingerprint density at radius 1 is 0.952 bits per heavy atom. The summed E-state index contributed by atoms with van der Waals surface area (Å²) in [5.41, 5.74) is 0. The van der Waals surface area contributed by atoms with Gasteiger partial charge in [-0.25, -0.2) is 0 Å². The highest BCUT2D eigenvalue weighted by Gasteiger charge is 2.33. The highest BCUT2D eigenvalue weighted by Crippen LogP contribution is 2.28. The van der Waals surface area contributed by atoms with Crippen LogP contribution in [0.2, 0.25) is 0 Å². The van der Waals surface area contributed by atoms with E-state index in [9.17, 15) is 0 Å². The van der Waals surface area contributed by atoms with Crippen molar-refractivity contribution in [3.63, 3.8) is 0 Å². The zero-order valence-corrected chi connectivity index (χ0v) is 14.0. The lowest BCUT2D eigenvalue weighted by Gasteiger charge is -2.45. The molecule has 2 saturated heterocycles. The average molecular weight is 293 g/mol. The fourth-order valence-electron chi connectivity index (χ4n) is 4.82. The molecule has 2 atom stereocenters. The first-order chi connectivity index (χ1) is 10.3. The van der Waals surface area contributed by atoms with Crippen LogP contribution in [0.1, 0.15) is 57.8 Å². The van der Waals surface area contributed by atoms with E-state index < -0.39 is 0 Å². The van der Waals surface area contributed by atoms with E-state index in [1.165, 1.54) is 90.5 Å². The molecular formula is C18H35N3. The third-order valence-electron chi connectivity index (χ3n) is 6.20. The normalized spacial score (nSPS) is 33.4. The topological polar surface area (TPSA) is 18.5 Å². The summed E-state index contributed by atoms with van der Waals surface area (Å²) in [6.07, 6.45) is 12.9. The SMILES string of the molecule is CN(C1CCCCC1)C1CNCCC1CN1CCCCC1. The van der Waals surface area contributed by atoms with Gasteiger partial charge in [0.05, 0.1) is 0 Å². The molecule has 3 rings (SSSR count). The van der Waals surface area contributed by atoms with Crippen molar-refractivity contribution in [3.8, 4) is 0 Å². The molecule has 3 fully saturated rings. The van der Waals surface area contributed by atoms with Gasteiger partial charge in [-0.2, -0.15) is 0 Å². The summed E-state index contributed by atoms with van der Waals surface area (Å²) in [6.45, 7) is 6.50. The van der Waals surface area contributed by atoms with Crippen LogP contribution in [0.5, 0.6) is 0 Å². The number of likely N-dealkylation sites (N-methyl/N-ethyl adjacent to an activating group) is 1. The third-order valence-corrected chi connectivity index (χ3v) is 6.20. The van der Waals surface area contributed by atoms with Crippen LogP contribution in [0.15, 0.2) is 0 Å². The Balaban J connectivity index is 1.57. The van der Waals surface area contributed by atoms with Crippen molar-refractivity contribution >= 4 is 0 Å². The number of rotatable bonds is 4. The molecule has 2 heterocycles. The Morgan fingerprint density at radius 3 is 2.43 bits per heavy atom. The Bertz CT molecular complexity index is 295. The fourth-order valence-corrected chi connectivity index (χ4v) is 4.82. The van der Waals surface area contributed by atoms with Crippen molar-refractivity contribution in [2.75, 3.05) is 39.8 Å². The molecule has 1 saturated carbocycles. The third kappa shape index (κ3) is 4.20. The van der Waals surface area contributed by atoms with Gasteiger partial charge in [-0.1, -0.05) is 25.7 Å². The van der Waals surface area contributed by atoms with E-state index in [4.69, 9.17) is 0 Å². The number of nitrogens with one attached hydrogen (secondary N) is 1. The van der Waals surface area contributed by atoms with Gasteiger partial charge in [0.1, 0.15) is 0 Å². The Morgan fingerprint density at radius 2 is 1.67 bits per heavy atom. The molecule has 0 radical (unpaired) electrons. The monoisotopic (exact) mass is 293 g/mol. The van der Waals surface area contributed by atoms with Gasteiger partial charge >= 0.3 is 0 Å². The Kier molecular flexibility index (Phi) is 5.96. The van der Waals surface area contributed by atoms with Gasteiger partial charge in [-0.15, -0.1) is 0 Å². The molecule has 3 aliphatic rings. The summed E-state index contributed by atoms with van der Waals surface area (Å²) < 4.78 is 0. The van der Waals surface area contributed by atoms with Crippen molar-refractivity contribution in [1.82, 2.24) is 15.1 Å². The van der Waals surface area contributed by atoms with E-state index in [1.807, 2.05) is 0 Å². The summed E-state index contributed by atoms with van der Waals surface area (Å²) in [4.78, 5) is 5.52. The number of piperidine rings is 2. The molecule has 0 aromatic carbocycles. The molecule has 2 aliphatic heterocycles. The van der Waals surface area contributed by atoms with E-state index in [2.05, 4.69) is 22.2 Å². The van der Waals surface area contributed by atoms with Crippen molar-refractivity contribution in [3.05, 3.63) is 0 Å². The van der Waals surface area contributed by atoms with E-state index in [0.29, 0.717) is 0 Å². The summed E-state index contributed by atoms with van der Waals surface area (Å²) >= 11 is 0. The second-order valence-corrected chi connectivity index (χ2v) is 7.64. The first kappa shape index (κ1) is 15.8. The highest BCUT2D eigenvalue weighted by atomic mass is 15.2. The van der Waals surface area contributed by atoms with E-state index in [1.54, 1.807) is 0 Å². The molecule has 3 nitrogen and oxygen atoms in total. The minimum Gasteiger partial charge on any atom is -0.315 e. The van der Waals surface area contributed by atoms with Crippen LogP contribution in [0, 0.1) is 5.92 Å². The van der Waals surface area contributed by atoms with E-state index in [0.717, 1.165) is 18.0 Å². The van der Waals surface area contributed by atoms with Gasteiger partial charge in [0.2, 0.25) is 0 Å². The van der Waals surface area contributed by atoms with Crippen molar-refractivity contribution in [2.45, 2.75) is 69.9 Å². The maximum Gasteiger partial charge on any atom is 0.0261 e. The molecule has 0 amide bonds. The largest absolute Gasteiger partial charge is 0.315 e. The molecule has 0 aromatic rings. The maximum absolute atomic E-state index is 3.66. The number of hydrogen-bond acceptors (Lipinski definition) is 3. The highest BCUT2D eigenvalue weighted by molar-refractivity contribution is 4.90. The summed E-state index contributed by atoms with van der Waals surface area (Å²) in [5, 5.41) is 3.66. The second kappa shape index (κ2) is 7.94. The standard InChI is InChI=1S/C18H35N3/c1-20(17-8-4-2-5-9-17)18-14-19-11-10-16(18)15-21-12-6-3-7-13-21/h16-19H,2-15H2,1H3. The number of likely N-dealkylation sites (tertiary alicyclic amines) is 1. The molecule has 0 aromatic heterocycles. The molecule has 0 bridgehead atoms. The lowest BCUT2D eigenvalue weighted by atomic mass is 9.87. The van der Waals surface area contributed by atoms with Crippen LogP contribution in [0.3, 0.4) is 0 Å². The molecule has 0 spiro atoms. The maximum atomic E-state index is 3.66. The van der Waals surface area contributed by atoms with Gasteiger partial charge in [0.15, 0.2) is 0 Å². The van der Waals surface area contributed by atoms with Crippen molar-refractivity contribution in [2.24, 2.45) is 5.92 Å². The summed E-state index contributed by atoms with van der Waals surface area (Å²) in [5.74, 6) is 0.885. The fraction of sp³-hybridized carbons (Fsp3) is 1.00. The predicted molar refractivity (Wildman–Crippen MR) is 89.7 cm³/mol. The molecule has 2 unspecified atom stereocenters. The number of hydrogen-bond donors (Lipinski definition) is 1. The van der Waals surface area contributed by atoms with Crippen molar-refractivity contribution < 1.29 is 0 Å². The van der Waals surface area contributed by atoms with Gasteiger partial charge in [-0.3, -0.25) is 4.90 Å². The van der Waals surface area contributed by atoms with Crippen molar-refractivity contribution in [1.29, 1.82) is 0 Å². The molecular weight excluding hydrogens is 258 g/mol. The van der Waals surface area contributed by atoms with Gasteiger partial charge in [0, 0.05) is 25.2 Å². The Hall–Kier alpha value is -0.120. The van der Waals surface area contributed by atoms with E-state index >= 15 is 0 Å². The first-order valence-electron chi connectivity index (χ1n) is 9.49. The molecule has 122 valence electrons. The van der Waals surface area contributed by atoms with Crippen LogP contribution in [-0.2, 0) is 0 Å². The minimum absolute atomic E-state index is 0.767. The molecule has 3 heteroatoms. The summed E-state index contributed by atoms with van der Waals surface area (Å²) in [7, 11) is 2.41. The lowest BCUT2D eigenvalue weighted by molar-refractivity contribution is 0.0567. The number of nitrogens with zero attached hydrogens (tertiary/aromatic N) is 2. The summed E-state index contributed by atoms with van der Waals surface area (Å²) in [6, 6.07) is 1.62. The van der Waals surface area contributed by atoms with Crippen LogP contribution < -0.4 is 5.32 Å². The van der Waals surface area contributed by atoms with Gasteiger partial charge in [-0.05, 0) is 64.7 Å². The van der Waals surface area contributed by atoms with Gasteiger partial charge in [0.25, 0.3) is 0 Å². The quantitative estimate of drug-likeness (QED) is 0.860. The second-order valence-electron chi connectivity index (χ2n) is 7.64. The van der Waals surface area contributed by atoms with Crippen LogP contribution >= 0.6 is 0 Å². The predicted octanol–water partition coefficient (Wildman–Crippen LogP) is 2.71. The van der Waals surface area contributed by atoms with Gasteiger partial charge < -0.3 is 10.2 Å². The van der Waals surface area contributed by atoms with E-state index in [-0.39, 0.29) is 0 Å². The smallest absolute Gasteiger partial charge is 0.0261 e. The molecule has 1 aliphatic carbocycles. The Labute approximate surface area is 131 Å². The first-order valence-corrected chi connectivity index (χ1v) is 9.49. The zero-order valence-electron chi connectivity index (χ0n) is 14.0. The van der Waals surface area contributed by atoms with Crippen LogP contribution in [0.4, 0.5) is 0 Å². The zero-order chi connectivity index (χ0) is 14.5. The minimum atomic E-state index is 0.767.